The van der Waals surface area contributed by atoms with E-state index in [0.717, 1.165) is 28.4 Å². The zero-order valence-electron chi connectivity index (χ0n) is 7.69. The molecular weight excluding hydrogens is 170 g/mol. The van der Waals surface area contributed by atoms with Gasteiger partial charge in [-0.1, -0.05) is 25.4 Å². The van der Waals surface area contributed by atoms with E-state index in [1.165, 1.54) is 0 Å². The standard InChI is InChI=1S/C10H13ClN/c1-4-8-6-10(11)9(5-2)7(3)12-8/h5-6H,4H2,1-3H3. The van der Waals surface area contributed by atoms with Gasteiger partial charge in [0, 0.05) is 16.4 Å². The minimum absolute atomic E-state index is 0.807. The van der Waals surface area contributed by atoms with Gasteiger partial charge in [-0.25, -0.2) is 0 Å². The number of hydrogen-bond acceptors (Lipinski definition) is 1. The Morgan fingerprint density at radius 3 is 2.67 bits per heavy atom. The highest BCUT2D eigenvalue weighted by atomic mass is 35.5. The third-order valence-electron chi connectivity index (χ3n) is 1.90. The number of aromatic nitrogens is 1. The van der Waals surface area contributed by atoms with Gasteiger partial charge < -0.3 is 0 Å². The van der Waals surface area contributed by atoms with Crippen LogP contribution in [0.15, 0.2) is 6.07 Å². The van der Waals surface area contributed by atoms with Gasteiger partial charge in [0.25, 0.3) is 0 Å². The lowest BCUT2D eigenvalue weighted by Crippen LogP contribution is -1.95. The summed E-state index contributed by atoms with van der Waals surface area (Å²) in [5.41, 5.74) is 3.12. The molecule has 1 heterocycles. The fraction of sp³-hybridized carbons (Fsp3) is 0.400. The van der Waals surface area contributed by atoms with Gasteiger partial charge in [0.05, 0.1) is 0 Å². The molecule has 0 unspecified atom stereocenters. The Morgan fingerprint density at radius 1 is 1.58 bits per heavy atom. The Labute approximate surface area is 78.8 Å². The van der Waals surface area contributed by atoms with Crippen molar-refractivity contribution < 1.29 is 0 Å². The Bertz CT molecular complexity index is 258. The number of halogens is 1. The molecule has 0 fully saturated rings. The molecule has 65 valence electrons. The van der Waals surface area contributed by atoms with E-state index in [9.17, 15) is 0 Å². The van der Waals surface area contributed by atoms with E-state index < -0.39 is 0 Å². The summed E-state index contributed by atoms with van der Waals surface area (Å²) in [4.78, 5) is 4.41. The second kappa shape index (κ2) is 3.90. The van der Waals surface area contributed by atoms with Crippen molar-refractivity contribution in [2.45, 2.75) is 27.2 Å². The van der Waals surface area contributed by atoms with E-state index in [1.54, 1.807) is 0 Å². The summed E-state index contributed by atoms with van der Waals surface area (Å²) in [6, 6.07) is 1.93. The number of nitrogens with zero attached hydrogens (tertiary/aromatic N) is 1. The molecule has 1 radical (unpaired) electrons. The maximum atomic E-state index is 6.04. The van der Waals surface area contributed by atoms with E-state index in [4.69, 9.17) is 11.6 Å². The largest absolute Gasteiger partial charge is 0.258 e. The predicted molar refractivity (Wildman–Crippen MR) is 52.4 cm³/mol. The second-order valence-corrected chi connectivity index (χ2v) is 3.14. The van der Waals surface area contributed by atoms with E-state index >= 15 is 0 Å². The van der Waals surface area contributed by atoms with Gasteiger partial charge in [-0.3, -0.25) is 4.98 Å². The van der Waals surface area contributed by atoms with E-state index in [1.807, 2.05) is 26.3 Å². The number of aryl methyl sites for hydroxylation is 2. The summed E-state index contributed by atoms with van der Waals surface area (Å²) in [5, 5.41) is 0.807. The van der Waals surface area contributed by atoms with E-state index in [-0.39, 0.29) is 0 Å². The van der Waals surface area contributed by atoms with Crippen LogP contribution in [0.4, 0.5) is 0 Å². The van der Waals surface area contributed by atoms with Crippen molar-refractivity contribution in [3.63, 3.8) is 0 Å². The average Bonchev–Trinajstić information content (AvgIpc) is 2.03. The molecule has 12 heavy (non-hydrogen) atoms. The zero-order chi connectivity index (χ0) is 9.14. The fourth-order valence-electron chi connectivity index (χ4n) is 1.23. The highest BCUT2D eigenvalue weighted by Gasteiger charge is 2.04. The second-order valence-electron chi connectivity index (χ2n) is 2.74. The molecule has 1 aromatic rings. The summed E-state index contributed by atoms with van der Waals surface area (Å²) in [6.45, 7) is 6.04. The molecule has 0 amide bonds. The molecule has 0 bridgehead atoms. The summed E-state index contributed by atoms with van der Waals surface area (Å²) in [7, 11) is 0. The molecule has 1 rings (SSSR count). The first-order valence-electron chi connectivity index (χ1n) is 4.14. The summed E-state index contributed by atoms with van der Waals surface area (Å²) in [5.74, 6) is 0. The van der Waals surface area contributed by atoms with E-state index in [0.29, 0.717) is 0 Å². The van der Waals surface area contributed by atoms with Crippen molar-refractivity contribution in [3.8, 4) is 0 Å². The summed E-state index contributed by atoms with van der Waals surface area (Å²) in [6.07, 6.45) is 2.93. The molecule has 0 aliphatic rings. The maximum Gasteiger partial charge on any atom is 0.0477 e. The van der Waals surface area contributed by atoms with Crippen molar-refractivity contribution >= 4 is 11.6 Å². The number of rotatable bonds is 2. The zero-order valence-corrected chi connectivity index (χ0v) is 8.44. The summed E-state index contributed by atoms with van der Waals surface area (Å²) < 4.78 is 0. The van der Waals surface area contributed by atoms with Gasteiger partial charge in [-0.2, -0.15) is 0 Å². The maximum absolute atomic E-state index is 6.04. The molecule has 1 aromatic heterocycles. The van der Waals surface area contributed by atoms with Gasteiger partial charge in [-0.05, 0) is 31.4 Å². The van der Waals surface area contributed by atoms with Crippen molar-refractivity contribution in [1.29, 1.82) is 0 Å². The molecule has 0 aliphatic carbocycles. The van der Waals surface area contributed by atoms with Crippen LogP contribution < -0.4 is 0 Å². The first-order valence-corrected chi connectivity index (χ1v) is 4.52. The van der Waals surface area contributed by atoms with E-state index in [2.05, 4.69) is 11.9 Å². The van der Waals surface area contributed by atoms with Crippen molar-refractivity contribution in [1.82, 2.24) is 4.98 Å². The SMILES string of the molecule is C[CH]c1c(Cl)cc(CC)nc1C. The minimum atomic E-state index is 0.807. The molecule has 0 N–H and O–H groups in total. The van der Waals surface area contributed by atoms with Crippen molar-refractivity contribution in [2.24, 2.45) is 0 Å². The molecule has 2 heteroatoms. The van der Waals surface area contributed by atoms with Crippen molar-refractivity contribution in [3.05, 3.63) is 34.5 Å². The van der Waals surface area contributed by atoms with Crippen LogP contribution in [0.1, 0.15) is 30.8 Å². The van der Waals surface area contributed by atoms with Gasteiger partial charge in [0.1, 0.15) is 0 Å². The number of pyridine rings is 1. The van der Waals surface area contributed by atoms with Gasteiger partial charge in [0.15, 0.2) is 0 Å². The van der Waals surface area contributed by atoms with Crippen LogP contribution in [0, 0.1) is 13.3 Å². The van der Waals surface area contributed by atoms with Gasteiger partial charge in [-0.15, -0.1) is 0 Å². The summed E-state index contributed by atoms with van der Waals surface area (Å²) >= 11 is 6.04. The van der Waals surface area contributed by atoms with Crippen LogP contribution in [0.2, 0.25) is 5.02 Å². The molecule has 0 spiro atoms. The molecule has 0 aromatic carbocycles. The predicted octanol–water partition coefficient (Wildman–Crippen LogP) is 3.18. The smallest absolute Gasteiger partial charge is 0.0477 e. The third-order valence-corrected chi connectivity index (χ3v) is 2.22. The molecular formula is C10H13ClN. The van der Waals surface area contributed by atoms with Gasteiger partial charge >= 0.3 is 0 Å². The molecule has 1 nitrogen and oxygen atoms in total. The van der Waals surface area contributed by atoms with Crippen LogP contribution >= 0.6 is 11.6 Å². The normalized spacial score (nSPS) is 10.3. The van der Waals surface area contributed by atoms with Gasteiger partial charge in [0.2, 0.25) is 0 Å². The molecule has 0 aliphatic heterocycles. The minimum Gasteiger partial charge on any atom is -0.258 e. The van der Waals surface area contributed by atoms with Crippen LogP contribution in [0.3, 0.4) is 0 Å². The quantitative estimate of drug-likeness (QED) is 0.685. The molecule has 0 saturated heterocycles. The first-order chi connectivity index (χ1) is 5.69. The highest BCUT2D eigenvalue weighted by Crippen LogP contribution is 2.21. The number of hydrogen-bond donors (Lipinski definition) is 0. The topological polar surface area (TPSA) is 12.9 Å². The molecule has 0 atom stereocenters. The Morgan fingerprint density at radius 2 is 2.25 bits per heavy atom. The van der Waals surface area contributed by atoms with Crippen LogP contribution in [-0.2, 0) is 6.42 Å². The van der Waals surface area contributed by atoms with Crippen molar-refractivity contribution in [2.75, 3.05) is 0 Å². The molecule has 0 saturated carbocycles. The lowest BCUT2D eigenvalue weighted by atomic mass is 10.1. The Hall–Kier alpha value is -0.560. The monoisotopic (exact) mass is 182 g/mol. The highest BCUT2D eigenvalue weighted by molar-refractivity contribution is 6.31. The third kappa shape index (κ3) is 1.78. The van der Waals surface area contributed by atoms with Crippen LogP contribution in [0.5, 0.6) is 0 Å². The van der Waals surface area contributed by atoms with Crippen LogP contribution in [-0.4, -0.2) is 4.98 Å². The Kier molecular flexibility index (Phi) is 3.10. The fourth-order valence-corrected chi connectivity index (χ4v) is 1.60. The van der Waals surface area contributed by atoms with Crippen LogP contribution in [0.25, 0.3) is 0 Å². The average molecular weight is 183 g/mol. The first kappa shape index (κ1) is 9.53. The Balaban J connectivity index is 3.18. The lowest BCUT2D eigenvalue weighted by Gasteiger charge is -2.06. The lowest BCUT2D eigenvalue weighted by molar-refractivity contribution is 0.995.